The minimum atomic E-state index is -0.288. The Morgan fingerprint density at radius 3 is 2.68 bits per heavy atom. The van der Waals surface area contributed by atoms with Gasteiger partial charge in [0.2, 0.25) is 0 Å². The number of carbonyl (C=O) groups is 2. The van der Waals surface area contributed by atoms with Crippen molar-refractivity contribution >= 4 is 56.6 Å². The van der Waals surface area contributed by atoms with E-state index in [-0.39, 0.29) is 11.8 Å². The molecule has 1 saturated heterocycles. The van der Waals surface area contributed by atoms with Crippen LogP contribution in [0.1, 0.15) is 29.0 Å². The number of nitrogens with zero attached hydrogens (tertiary/aromatic N) is 2. The molecule has 0 unspecified atom stereocenters. The fraction of sp³-hybridized carbons (Fsp3) is 0.300. The Balaban J connectivity index is 1.65. The van der Waals surface area contributed by atoms with E-state index in [4.69, 9.17) is 12.2 Å². The topological polar surface area (TPSA) is 62.3 Å². The van der Waals surface area contributed by atoms with E-state index in [1.165, 1.54) is 39.3 Å². The van der Waals surface area contributed by atoms with Crippen LogP contribution in [0.3, 0.4) is 0 Å². The number of hydrogen-bond acceptors (Lipinski definition) is 6. The van der Waals surface area contributed by atoms with Gasteiger partial charge in [0, 0.05) is 23.9 Å². The van der Waals surface area contributed by atoms with Gasteiger partial charge in [-0.3, -0.25) is 19.8 Å². The Morgan fingerprint density at radius 1 is 1.25 bits per heavy atom. The molecule has 1 aromatic carbocycles. The molecule has 28 heavy (non-hydrogen) atoms. The van der Waals surface area contributed by atoms with E-state index in [1.807, 2.05) is 30.3 Å². The van der Waals surface area contributed by atoms with E-state index in [9.17, 15) is 9.59 Å². The van der Waals surface area contributed by atoms with Crippen molar-refractivity contribution in [2.24, 2.45) is 0 Å². The first-order valence-corrected chi connectivity index (χ1v) is 11.1. The second-order valence-corrected chi connectivity index (χ2v) is 9.48. The second-order valence-electron chi connectivity index (χ2n) is 6.75. The molecular formula is C20H19N3O2S3. The van der Waals surface area contributed by atoms with Crippen molar-refractivity contribution in [3.8, 4) is 0 Å². The molecule has 2 amide bonds. The number of thioether (sulfide) groups is 1. The molecule has 0 bridgehead atoms. The number of likely N-dealkylation sites (N-methyl/N-ethyl adjacent to an activating group) is 1. The highest BCUT2D eigenvalue weighted by Gasteiger charge is 2.34. The van der Waals surface area contributed by atoms with Crippen molar-refractivity contribution in [1.82, 2.24) is 9.88 Å². The number of carbonyl (C=O) groups excluding carboxylic acids is 2. The van der Waals surface area contributed by atoms with E-state index in [2.05, 4.69) is 10.3 Å². The molecule has 1 fully saturated rings. The minimum Gasteiger partial charge on any atom is -0.298 e. The zero-order valence-electron chi connectivity index (χ0n) is 15.4. The minimum absolute atomic E-state index is 0.227. The number of thiocarbonyl (C=S) groups is 1. The van der Waals surface area contributed by atoms with Crippen molar-refractivity contribution < 1.29 is 9.59 Å². The summed E-state index contributed by atoms with van der Waals surface area (Å²) in [7, 11) is 1.64. The van der Waals surface area contributed by atoms with Crippen LogP contribution in [0.2, 0.25) is 0 Å². The summed E-state index contributed by atoms with van der Waals surface area (Å²) >= 11 is 7.97. The number of aromatic nitrogens is 1. The number of hydrogen-bond donors (Lipinski definition) is 1. The lowest BCUT2D eigenvalue weighted by atomic mass is 10.0. The molecule has 1 N–H and O–H groups in total. The molecule has 4 rings (SSSR count). The Morgan fingerprint density at radius 2 is 2.00 bits per heavy atom. The molecule has 8 heteroatoms. The molecule has 0 saturated carbocycles. The normalized spacial score (nSPS) is 18.2. The first-order chi connectivity index (χ1) is 13.5. The molecule has 144 valence electrons. The van der Waals surface area contributed by atoms with Crippen molar-refractivity contribution in [1.29, 1.82) is 0 Å². The molecule has 5 nitrogen and oxygen atoms in total. The van der Waals surface area contributed by atoms with Gasteiger partial charge in [-0.1, -0.05) is 54.3 Å². The summed E-state index contributed by atoms with van der Waals surface area (Å²) in [6.45, 7) is 0. The van der Waals surface area contributed by atoms with Gasteiger partial charge in [-0.25, -0.2) is 4.98 Å². The van der Waals surface area contributed by atoms with Gasteiger partial charge in [0.1, 0.15) is 4.32 Å². The molecule has 2 aromatic rings. The van der Waals surface area contributed by atoms with Gasteiger partial charge in [-0.05, 0) is 31.2 Å². The van der Waals surface area contributed by atoms with E-state index < -0.39 is 0 Å². The van der Waals surface area contributed by atoms with Crippen molar-refractivity contribution in [2.75, 3.05) is 12.4 Å². The summed E-state index contributed by atoms with van der Waals surface area (Å²) in [4.78, 5) is 33.4. The fourth-order valence-corrected chi connectivity index (χ4v) is 5.55. The van der Waals surface area contributed by atoms with Crippen LogP contribution in [-0.2, 0) is 28.9 Å². The van der Waals surface area contributed by atoms with Gasteiger partial charge < -0.3 is 0 Å². The Kier molecular flexibility index (Phi) is 5.61. The molecule has 1 aliphatic heterocycles. The lowest BCUT2D eigenvalue weighted by molar-refractivity contribution is -0.122. The zero-order valence-corrected chi connectivity index (χ0v) is 17.8. The number of benzene rings is 1. The van der Waals surface area contributed by atoms with Crippen LogP contribution in [0.4, 0.5) is 5.13 Å². The number of amides is 2. The van der Waals surface area contributed by atoms with Crippen LogP contribution in [0.5, 0.6) is 0 Å². The number of aryl methyl sites for hydroxylation is 2. The predicted octanol–water partition coefficient (Wildman–Crippen LogP) is 3.95. The molecule has 1 aromatic heterocycles. The Hall–Kier alpha value is -2.03. The van der Waals surface area contributed by atoms with Gasteiger partial charge in [0.15, 0.2) is 5.13 Å². The average molecular weight is 430 g/mol. The molecule has 2 heterocycles. The second kappa shape index (κ2) is 8.14. The average Bonchev–Trinajstić information content (AvgIpc) is 3.22. The van der Waals surface area contributed by atoms with Gasteiger partial charge in [-0.15, -0.1) is 11.3 Å². The number of nitrogens with one attached hydrogen (secondary N) is 1. The SMILES string of the molecule is CN1C(=O)/C(=C(/Cc2ccccc2)C(=O)Nc2nc3c(s2)CCCC3)SC1=S. The zero-order chi connectivity index (χ0) is 19.7. The summed E-state index contributed by atoms with van der Waals surface area (Å²) < 4.78 is 0.461. The summed E-state index contributed by atoms with van der Waals surface area (Å²) in [5, 5.41) is 3.54. The van der Waals surface area contributed by atoms with E-state index >= 15 is 0 Å². The summed E-state index contributed by atoms with van der Waals surface area (Å²) in [5.74, 6) is -0.515. The summed E-state index contributed by atoms with van der Waals surface area (Å²) in [6, 6.07) is 9.66. The van der Waals surface area contributed by atoms with E-state index in [0.29, 0.717) is 26.4 Å². The molecule has 0 spiro atoms. The van der Waals surface area contributed by atoms with Crippen molar-refractivity contribution in [3.63, 3.8) is 0 Å². The fourth-order valence-electron chi connectivity index (χ4n) is 3.27. The maximum atomic E-state index is 13.1. The largest absolute Gasteiger partial charge is 0.298 e. The number of rotatable bonds is 4. The lowest BCUT2D eigenvalue weighted by Gasteiger charge is -2.10. The quantitative estimate of drug-likeness (QED) is 0.589. The predicted molar refractivity (Wildman–Crippen MR) is 118 cm³/mol. The summed E-state index contributed by atoms with van der Waals surface area (Å²) in [6.07, 6.45) is 4.66. The van der Waals surface area contributed by atoms with Crippen molar-refractivity contribution in [2.45, 2.75) is 32.1 Å². The first kappa shape index (κ1) is 19.3. The maximum absolute atomic E-state index is 13.1. The van der Waals surface area contributed by atoms with Gasteiger partial charge in [0.05, 0.1) is 10.6 Å². The highest BCUT2D eigenvalue weighted by atomic mass is 32.2. The lowest BCUT2D eigenvalue weighted by Crippen LogP contribution is -2.25. The highest BCUT2D eigenvalue weighted by molar-refractivity contribution is 8.26. The van der Waals surface area contributed by atoms with Crippen LogP contribution >= 0.6 is 35.3 Å². The molecular weight excluding hydrogens is 410 g/mol. The van der Waals surface area contributed by atoms with Crippen LogP contribution in [0.15, 0.2) is 40.8 Å². The van der Waals surface area contributed by atoms with E-state index in [1.54, 1.807) is 7.05 Å². The maximum Gasteiger partial charge on any atom is 0.266 e. The van der Waals surface area contributed by atoms with E-state index in [0.717, 1.165) is 30.5 Å². The first-order valence-electron chi connectivity index (χ1n) is 9.10. The standard InChI is InChI=1S/C20H19N3O2S3/c1-23-18(25)16(28-20(23)26)13(11-12-7-3-2-4-8-12)17(24)22-19-21-14-9-5-6-10-15(14)27-19/h2-4,7-8H,5-6,9-11H2,1H3,(H,21,22,24)/b16-13+. The van der Waals surface area contributed by atoms with Gasteiger partial charge >= 0.3 is 0 Å². The number of fused-ring (bicyclic) bond motifs is 1. The molecule has 0 radical (unpaired) electrons. The smallest absolute Gasteiger partial charge is 0.266 e. The third-order valence-electron chi connectivity index (χ3n) is 4.80. The third kappa shape index (κ3) is 3.90. The van der Waals surface area contributed by atoms with Crippen LogP contribution in [0, 0.1) is 0 Å². The number of thiazole rings is 1. The number of anilines is 1. The van der Waals surface area contributed by atoms with Gasteiger partial charge in [0.25, 0.3) is 11.8 Å². The van der Waals surface area contributed by atoms with Crippen molar-refractivity contribution in [3.05, 3.63) is 56.9 Å². The van der Waals surface area contributed by atoms with Crippen LogP contribution in [0.25, 0.3) is 0 Å². The highest BCUT2D eigenvalue weighted by Crippen LogP contribution is 2.35. The Bertz CT molecular complexity index is 958. The molecule has 1 aliphatic carbocycles. The van der Waals surface area contributed by atoms with Crippen LogP contribution in [-0.4, -0.2) is 33.1 Å². The van der Waals surface area contributed by atoms with Gasteiger partial charge in [-0.2, -0.15) is 0 Å². The molecule has 0 atom stereocenters. The summed E-state index contributed by atoms with van der Waals surface area (Å²) in [5.41, 5.74) is 2.49. The Labute approximate surface area is 177 Å². The monoisotopic (exact) mass is 429 g/mol. The third-order valence-corrected chi connectivity index (χ3v) is 7.47. The molecule has 2 aliphatic rings. The van der Waals surface area contributed by atoms with Crippen LogP contribution < -0.4 is 5.32 Å².